The Morgan fingerprint density at radius 3 is 3.13 bits per heavy atom. The predicted octanol–water partition coefficient (Wildman–Crippen LogP) is 2.43. The van der Waals surface area contributed by atoms with Crippen molar-refractivity contribution in [3.8, 4) is 0 Å². The second-order valence-corrected chi connectivity index (χ2v) is 7.76. The molecule has 0 unspecified atom stereocenters. The third-order valence-electron chi connectivity index (χ3n) is 4.80. The second kappa shape index (κ2) is 7.69. The summed E-state index contributed by atoms with van der Waals surface area (Å²) in [5.41, 5.74) is 10.4. The minimum atomic E-state index is -0.195. The highest BCUT2D eigenvalue weighted by Crippen LogP contribution is 2.31. The first kappa shape index (κ1) is 16.8. The number of anilines is 1. The van der Waals surface area contributed by atoms with Gasteiger partial charge in [0.2, 0.25) is 0 Å². The molecule has 0 bridgehead atoms. The fraction of sp³-hybridized carbons (Fsp3) is 0.611. The van der Waals surface area contributed by atoms with Gasteiger partial charge >= 0.3 is 0 Å². The van der Waals surface area contributed by atoms with E-state index in [0.717, 1.165) is 48.8 Å². The molecule has 0 saturated carbocycles. The van der Waals surface area contributed by atoms with E-state index < -0.39 is 0 Å². The first-order chi connectivity index (χ1) is 11.2. The fourth-order valence-corrected chi connectivity index (χ4v) is 4.71. The summed E-state index contributed by atoms with van der Waals surface area (Å²) in [7, 11) is 0. The van der Waals surface area contributed by atoms with Crippen molar-refractivity contribution in [2.45, 2.75) is 32.3 Å². The molecule has 1 aromatic heterocycles. The molecule has 2 atom stereocenters. The molecule has 5 heteroatoms. The molecule has 0 amide bonds. The van der Waals surface area contributed by atoms with Gasteiger partial charge < -0.3 is 10.8 Å². The number of fused-ring (bicyclic) bond motifs is 1. The van der Waals surface area contributed by atoms with Crippen LogP contribution >= 0.6 is 11.8 Å². The lowest BCUT2D eigenvalue weighted by Crippen LogP contribution is -2.24. The van der Waals surface area contributed by atoms with Crippen LogP contribution in [0.15, 0.2) is 18.3 Å². The van der Waals surface area contributed by atoms with E-state index in [0.29, 0.717) is 5.92 Å². The van der Waals surface area contributed by atoms with Crippen molar-refractivity contribution in [2.75, 3.05) is 36.9 Å². The normalized spacial score (nSPS) is 24.0. The monoisotopic (exact) mass is 333 g/mol. The van der Waals surface area contributed by atoms with Crippen LogP contribution in [0.4, 0.5) is 5.69 Å². The highest BCUT2D eigenvalue weighted by Gasteiger charge is 2.32. The summed E-state index contributed by atoms with van der Waals surface area (Å²) in [6, 6.07) is 1.87. The van der Waals surface area contributed by atoms with E-state index in [1.54, 1.807) is 6.20 Å². The van der Waals surface area contributed by atoms with Crippen LogP contribution in [-0.2, 0) is 6.42 Å². The number of rotatable bonds is 7. The minimum absolute atomic E-state index is 0.195. The first-order valence-electron chi connectivity index (χ1n) is 8.60. The number of nitrogen functional groups attached to an aromatic ring is 1. The zero-order chi connectivity index (χ0) is 16.2. The molecular formula is C18H27N3OS. The predicted molar refractivity (Wildman–Crippen MR) is 98.5 cm³/mol. The molecule has 0 radical (unpaired) electrons. The van der Waals surface area contributed by atoms with Gasteiger partial charge in [-0.05, 0) is 36.0 Å². The molecule has 126 valence electrons. The van der Waals surface area contributed by atoms with E-state index in [1.807, 2.05) is 17.8 Å². The summed E-state index contributed by atoms with van der Waals surface area (Å²) in [5, 5.41) is 10.3. The summed E-state index contributed by atoms with van der Waals surface area (Å²) in [6.07, 6.45) is 7.24. The standard InChI is InChI=1S/C18H27N3OS/c1-2-3-8-23-12-14-10-21(11-17(14)22)9-13-4-5-15-16(19)6-7-20-18(13)15/h4,6-7,14,17,22H,2-3,5,8-12H2,1H3,(H2,19,20)/t14-,17-/m1/s1. The van der Waals surface area contributed by atoms with Crippen molar-refractivity contribution < 1.29 is 5.11 Å². The Balaban J connectivity index is 1.54. The van der Waals surface area contributed by atoms with Gasteiger partial charge in [-0.25, -0.2) is 0 Å². The van der Waals surface area contributed by atoms with Crippen molar-refractivity contribution >= 4 is 23.0 Å². The van der Waals surface area contributed by atoms with Crippen LogP contribution in [0.3, 0.4) is 0 Å². The highest BCUT2D eigenvalue weighted by atomic mass is 32.2. The van der Waals surface area contributed by atoms with Gasteiger partial charge in [0, 0.05) is 43.0 Å². The van der Waals surface area contributed by atoms with Crippen molar-refractivity contribution in [1.82, 2.24) is 9.88 Å². The molecule has 1 fully saturated rings. The Morgan fingerprint density at radius 2 is 2.30 bits per heavy atom. The number of pyridine rings is 1. The molecule has 23 heavy (non-hydrogen) atoms. The van der Waals surface area contributed by atoms with Gasteiger partial charge in [-0.15, -0.1) is 0 Å². The summed E-state index contributed by atoms with van der Waals surface area (Å²) in [4.78, 5) is 6.87. The molecule has 2 aliphatic rings. The SMILES string of the molecule is CCCCSC[C@H]1CN(CC2=CCc3c(N)ccnc32)C[C@H]1O. The molecule has 4 nitrogen and oxygen atoms in total. The molecular weight excluding hydrogens is 306 g/mol. The van der Waals surface area contributed by atoms with E-state index in [1.165, 1.54) is 24.2 Å². The number of thioether (sulfide) groups is 1. The van der Waals surface area contributed by atoms with Gasteiger partial charge in [-0.1, -0.05) is 19.4 Å². The van der Waals surface area contributed by atoms with Crippen molar-refractivity contribution in [3.63, 3.8) is 0 Å². The van der Waals surface area contributed by atoms with E-state index in [9.17, 15) is 5.11 Å². The van der Waals surface area contributed by atoms with Crippen molar-refractivity contribution in [1.29, 1.82) is 0 Å². The molecule has 1 aromatic rings. The summed E-state index contributed by atoms with van der Waals surface area (Å²) >= 11 is 1.98. The van der Waals surface area contributed by atoms with E-state index >= 15 is 0 Å². The zero-order valence-electron chi connectivity index (χ0n) is 13.9. The average Bonchev–Trinajstić information content (AvgIpc) is 3.09. The lowest BCUT2D eigenvalue weighted by atomic mass is 10.1. The Hall–Kier alpha value is -1.04. The number of hydrogen-bond donors (Lipinski definition) is 2. The van der Waals surface area contributed by atoms with Gasteiger partial charge in [0.05, 0.1) is 11.8 Å². The molecule has 3 rings (SSSR count). The third kappa shape index (κ3) is 3.90. The van der Waals surface area contributed by atoms with Gasteiger partial charge in [0.25, 0.3) is 0 Å². The van der Waals surface area contributed by atoms with Crippen LogP contribution in [0, 0.1) is 5.92 Å². The van der Waals surface area contributed by atoms with Crippen LogP contribution in [0.25, 0.3) is 5.57 Å². The maximum atomic E-state index is 10.3. The molecule has 1 aliphatic heterocycles. The van der Waals surface area contributed by atoms with Crippen molar-refractivity contribution in [2.24, 2.45) is 5.92 Å². The Bertz CT molecular complexity index is 575. The maximum Gasteiger partial charge on any atom is 0.0727 e. The first-order valence-corrected chi connectivity index (χ1v) is 9.75. The number of aliphatic hydroxyl groups is 1. The van der Waals surface area contributed by atoms with Crippen LogP contribution in [0.1, 0.15) is 31.0 Å². The summed E-state index contributed by atoms with van der Waals surface area (Å²) in [5.74, 6) is 2.67. The van der Waals surface area contributed by atoms with Gasteiger partial charge in [-0.3, -0.25) is 9.88 Å². The summed E-state index contributed by atoms with van der Waals surface area (Å²) < 4.78 is 0. The number of aromatic nitrogens is 1. The number of β-amino-alcohol motifs (C(OH)–C–C–N with tert-alkyl or cyclic N) is 1. The minimum Gasteiger partial charge on any atom is -0.398 e. The number of aliphatic hydroxyl groups excluding tert-OH is 1. The quantitative estimate of drug-likeness (QED) is 0.751. The fourth-order valence-electron chi connectivity index (χ4n) is 3.42. The van der Waals surface area contributed by atoms with Crippen molar-refractivity contribution in [3.05, 3.63) is 29.6 Å². The number of nitrogens with two attached hydrogens (primary N) is 1. The van der Waals surface area contributed by atoms with E-state index in [4.69, 9.17) is 5.73 Å². The van der Waals surface area contributed by atoms with Crippen LogP contribution in [-0.4, -0.2) is 52.2 Å². The largest absolute Gasteiger partial charge is 0.398 e. The highest BCUT2D eigenvalue weighted by molar-refractivity contribution is 7.99. The van der Waals surface area contributed by atoms with Crippen LogP contribution in [0.2, 0.25) is 0 Å². The zero-order valence-corrected chi connectivity index (χ0v) is 14.7. The lowest BCUT2D eigenvalue weighted by molar-refractivity contribution is 0.151. The van der Waals surface area contributed by atoms with Gasteiger partial charge in [-0.2, -0.15) is 11.8 Å². The lowest BCUT2D eigenvalue weighted by Gasteiger charge is -2.17. The Labute approximate surface area is 143 Å². The number of allylic oxidation sites excluding steroid dienone is 1. The second-order valence-electron chi connectivity index (χ2n) is 6.61. The van der Waals surface area contributed by atoms with E-state index in [2.05, 4.69) is 22.9 Å². The van der Waals surface area contributed by atoms with Gasteiger partial charge in [0.1, 0.15) is 0 Å². The molecule has 1 aliphatic carbocycles. The number of likely N-dealkylation sites (tertiary alicyclic amines) is 1. The Kier molecular flexibility index (Phi) is 5.62. The molecule has 3 N–H and O–H groups in total. The topological polar surface area (TPSA) is 62.4 Å². The molecule has 0 spiro atoms. The molecule has 1 saturated heterocycles. The van der Waals surface area contributed by atoms with Crippen LogP contribution in [0.5, 0.6) is 0 Å². The number of nitrogens with zero attached hydrogens (tertiary/aromatic N) is 2. The summed E-state index contributed by atoms with van der Waals surface area (Å²) in [6.45, 7) is 4.85. The maximum absolute atomic E-state index is 10.3. The van der Waals surface area contributed by atoms with E-state index in [-0.39, 0.29) is 6.10 Å². The van der Waals surface area contributed by atoms with Gasteiger partial charge in [0.15, 0.2) is 0 Å². The Morgan fingerprint density at radius 1 is 1.43 bits per heavy atom. The third-order valence-corrected chi connectivity index (χ3v) is 6.04. The smallest absolute Gasteiger partial charge is 0.0727 e. The van der Waals surface area contributed by atoms with Crippen LogP contribution < -0.4 is 5.73 Å². The number of hydrogen-bond acceptors (Lipinski definition) is 5. The average molecular weight is 334 g/mol. The number of unbranched alkanes of at least 4 members (excludes halogenated alkanes) is 1. The molecule has 0 aromatic carbocycles. The molecule has 2 heterocycles.